The number of nitro groups is 1. The molecule has 4 aromatic rings. The summed E-state index contributed by atoms with van der Waals surface area (Å²) >= 11 is 0. The molecule has 0 saturated heterocycles. The Morgan fingerprint density at radius 2 is 1.96 bits per heavy atom. The lowest BCUT2D eigenvalue weighted by Gasteiger charge is -2.19. The van der Waals surface area contributed by atoms with Crippen LogP contribution in [0.5, 0.6) is 0 Å². The molecule has 2 aromatic heterocycles. The van der Waals surface area contributed by atoms with Crippen LogP contribution in [0.4, 0.5) is 23.0 Å². The topological polar surface area (TPSA) is 106 Å². The number of fused-ring (bicyclic) bond motifs is 4. The van der Waals surface area contributed by atoms with Gasteiger partial charge >= 0.3 is 5.69 Å². The molecule has 0 unspecified atom stereocenters. The molecule has 10 nitrogen and oxygen atoms in total. The average molecular weight is 365 g/mol. The maximum Gasteiger partial charge on any atom is 0.323 e. The standard InChI is InChI=1S/C17H15N7O3/c1-21(2)13-9-12(14-15(20-27-19-14)16(13)24(25)26)23-8-7-22-11-6-4-3-5-10(11)18-17(22)23/h3-6,9H,7-8H2,1-2H3. The fraction of sp³-hybridized carbons (Fsp3) is 0.235. The third kappa shape index (κ3) is 2.09. The highest BCUT2D eigenvalue weighted by atomic mass is 16.6. The molecule has 3 heterocycles. The first kappa shape index (κ1) is 15.6. The van der Waals surface area contributed by atoms with E-state index >= 15 is 0 Å². The van der Waals surface area contributed by atoms with Gasteiger partial charge in [-0.15, -0.1) is 0 Å². The molecule has 10 heteroatoms. The summed E-state index contributed by atoms with van der Waals surface area (Å²) in [5, 5.41) is 19.4. The molecule has 1 aliphatic rings. The highest BCUT2D eigenvalue weighted by molar-refractivity contribution is 6.01. The van der Waals surface area contributed by atoms with Crippen LogP contribution in [-0.4, -0.2) is 45.4 Å². The highest BCUT2D eigenvalue weighted by Gasteiger charge is 2.32. The summed E-state index contributed by atoms with van der Waals surface area (Å²) in [6, 6.07) is 9.68. The van der Waals surface area contributed by atoms with Crippen molar-refractivity contribution in [2.24, 2.45) is 0 Å². The number of imidazole rings is 1. The van der Waals surface area contributed by atoms with Gasteiger partial charge < -0.3 is 14.4 Å². The molecule has 0 N–H and O–H groups in total. The monoisotopic (exact) mass is 365 g/mol. The molecule has 0 bridgehead atoms. The summed E-state index contributed by atoms with van der Waals surface area (Å²) < 4.78 is 6.99. The number of nitrogens with zero attached hydrogens (tertiary/aromatic N) is 7. The summed E-state index contributed by atoms with van der Waals surface area (Å²) in [6.07, 6.45) is 0. The van der Waals surface area contributed by atoms with Gasteiger partial charge in [0.15, 0.2) is 5.52 Å². The normalized spacial score (nSPS) is 13.5. The number of anilines is 3. The first-order chi connectivity index (χ1) is 13.1. The number of para-hydroxylation sites is 2. The third-order valence-corrected chi connectivity index (χ3v) is 4.85. The number of rotatable bonds is 3. The summed E-state index contributed by atoms with van der Waals surface area (Å²) in [5.74, 6) is 0.777. The van der Waals surface area contributed by atoms with Gasteiger partial charge in [-0.1, -0.05) is 12.1 Å². The van der Waals surface area contributed by atoms with Crippen LogP contribution in [0.3, 0.4) is 0 Å². The van der Waals surface area contributed by atoms with Gasteiger partial charge in [0.05, 0.1) is 21.6 Å². The van der Waals surface area contributed by atoms with Crippen molar-refractivity contribution < 1.29 is 9.55 Å². The Labute approximate surface area is 152 Å². The van der Waals surface area contributed by atoms with Crippen LogP contribution in [-0.2, 0) is 6.54 Å². The first-order valence-electron chi connectivity index (χ1n) is 8.40. The number of benzene rings is 2. The van der Waals surface area contributed by atoms with E-state index in [1.807, 2.05) is 29.2 Å². The maximum atomic E-state index is 11.6. The van der Waals surface area contributed by atoms with Gasteiger partial charge in [0.1, 0.15) is 5.69 Å². The van der Waals surface area contributed by atoms with Crippen molar-refractivity contribution >= 4 is 45.1 Å². The van der Waals surface area contributed by atoms with E-state index in [1.165, 1.54) is 0 Å². The summed E-state index contributed by atoms with van der Waals surface area (Å²) in [7, 11) is 3.51. The lowest BCUT2D eigenvalue weighted by atomic mass is 10.1. The molecule has 0 amide bonds. The van der Waals surface area contributed by atoms with E-state index in [0.29, 0.717) is 23.4 Å². The Kier molecular flexibility index (Phi) is 3.11. The van der Waals surface area contributed by atoms with Crippen molar-refractivity contribution in [3.8, 4) is 0 Å². The summed E-state index contributed by atoms with van der Waals surface area (Å²) in [4.78, 5) is 19.6. The van der Waals surface area contributed by atoms with Crippen LogP contribution in [0.15, 0.2) is 35.0 Å². The predicted molar refractivity (Wildman–Crippen MR) is 99.5 cm³/mol. The van der Waals surface area contributed by atoms with E-state index in [1.54, 1.807) is 25.1 Å². The fourth-order valence-corrected chi connectivity index (χ4v) is 3.64. The van der Waals surface area contributed by atoms with Crippen molar-refractivity contribution in [2.45, 2.75) is 6.54 Å². The van der Waals surface area contributed by atoms with Gasteiger partial charge in [0, 0.05) is 27.2 Å². The molecule has 0 aliphatic carbocycles. The van der Waals surface area contributed by atoms with Crippen LogP contribution >= 0.6 is 0 Å². The van der Waals surface area contributed by atoms with E-state index in [0.717, 1.165) is 23.5 Å². The quantitative estimate of drug-likeness (QED) is 0.403. The van der Waals surface area contributed by atoms with Gasteiger partial charge in [-0.3, -0.25) is 10.1 Å². The van der Waals surface area contributed by atoms with Crippen molar-refractivity contribution in [3.05, 3.63) is 40.4 Å². The molecule has 136 valence electrons. The Bertz CT molecular complexity index is 1210. The molecule has 2 aromatic carbocycles. The second-order valence-corrected chi connectivity index (χ2v) is 6.58. The van der Waals surface area contributed by atoms with Crippen LogP contribution in [0.1, 0.15) is 0 Å². The van der Waals surface area contributed by atoms with Gasteiger partial charge in [-0.05, 0) is 28.5 Å². The smallest absolute Gasteiger partial charge is 0.323 e. The van der Waals surface area contributed by atoms with Gasteiger partial charge in [-0.25, -0.2) is 9.61 Å². The number of hydrogen-bond acceptors (Lipinski definition) is 8. The van der Waals surface area contributed by atoms with Crippen molar-refractivity contribution in [1.29, 1.82) is 0 Å². The van der Waals surface area contributed by atoms with Crippen LogP contribution < -0.4 is 9.80 Å². The van der Waals surface area contributed by atoms with E-state index < -0.39 is 4.92 Å². The molecule has 0 spiro atoms. The van der Waals surface area contributed by atoms with Crippen molar-refractivity contribution in [1.82, 2.24) is 19.9 Å². The van der Waals surface area contributed by atoms with E-state index in [9.17, 15) is 10.1 Å². The minimum absolute atomic E-state index is 0.118. The van der Waals surface area contributed by atoms with E-state index in [-0.39, 0.29) is 11.2 Å². The first-order valence-corrected chi connectivity index (χ1v) is 8.40. The summed E-state index contributed by atoms with van der Waals surface area (Å²) in [5.41, 5.74) is 3.46. The minimum Gasteiger partial charge on any atom is -0.372 e. The number of aromatic nitrogens is 4. The predicted octanol–water partition coefficient (Wildman–Crippen LogP) is 2.70. The molecular formula is C17H15N7O3. The Morgan fingerprint density at radius 3 is 2.74 bits per heavy atom. The van der Waals surface area contributed by atoms with Gasteiger partial charge in [-0.2, -0.15) is 0 Å². The Hall–Kier alpha value is -3.69. The second kappa shape index (κ2) is 5.40. The number of hydrogen-bond donors (Lipinski definition) is 0. The SMILES string of the molecule is CN(C)c1cc(N2CCn3c2nc2ccccc23)c2nonc2c1[N+](=O)[O-]. The minimum atomic E-state index is -0.454. The largest absolute Gasteiger partial charge is 0.372 e. The molecule has 5 rings (SSSR count). The zero-order chi connectivity index (χ0) is 18.7. The maximum absolute atomic E-state index is 11.6. The zero-order valence-corrected chi connectivity index (χ0v) is 14.7. The zero-order valence-electron chi connectivity index (χ0n) is 14.7. The Morgan fingerprint density at radius 1 is 1.19 bits per heavy atom. The average Bonchev–Trinajstić information content (AvgIpc) is 3.34. The molecule has 0 fully saturated rings. The lowest BCUT2D eigenvalue weighted by molar-refractivity contribution is -0.382. The molecule has 27 heavy (non-hydrogen) atoms. The second-order valence-electron chi connectivity index (χ2n) is 6.58. The highest BCUT2D eigenvalue weighted by Crippen LogP contribution is 2.43. The van der Waals surface area contributed by atoms with Crippen LogP contribution in [0.2, 0.25) is 0 Å². The fourth-order valence-electron chi connectivity index (χ4n) is 3.64. The molecular weight excluding hydrogens is 350 g/mol. The number of nitro benzene ring substituents is 1. The molecule has 0 saturated carbocycles. The van der Waals surface area contributed by atoms with Crippen molar-refractivity contribution in [2.75, 3.05) is 30.4 Å². The summed E-state index contributed by atoms with van der Waals surface area (Å²) in [6.45, 7) is 1.44. The van der Waals surface area contributed by atoms with E-state index in [4.69, 9.17) is 9.61 Å². The lowest BCUT2D eigenvalue weighted by Crippen LogP contribution is -2.17. The molecule has 0 radical (unpaired) electrons. The Balaban J connectivity index is 1.77. The molecule has 1 aliphatic heterocycles. The van der Waals surface area contributed by atoms with Gasteiger partial charge in [0.25, 0.3) is 0 Å². The van der Waals surface area contributed by atoms with Crippen molar-refractivity contribution in [3.63, 3.8) is 0 Å². The van der Waals surface area contributed by atoms with E-state index in [2.05, 4.69) is 14.9 Å². The van der Waals surface area contributed by atoms with Gasteiger partial charge in [0.2, 0.25) is 11.5 Å². The van der Waals surface area contributed by atoms with Crippen LogP contribution in [0.25, 0.3) is 22.1 Å². The molecule has 0 atom stereocenters. The third-order valence-electron chi connectivity index (χ3n) is 4.85. The van der Waals surface area contributed by atoms with Crippen LogP contribution in [0, 0.1) is 10.1 Å².